The van der Waals surface area contributed by atoms with Crippen LogP contribution in [0, 0.1) is 5.92 Å². The Hall–Kier alpha value is -2.62. The van der Waals surface area contributed by atoms with Crippen LogP contribution in [0.4, 0.5) is 0 Å². The zero-order valence-corrected chi connectivity index (χ0v) is 15.7. The average Bonchev–Trinajstić information content (AvgIpc) is 3.02. The number of nitrogens with one attached hydrogen (secondary N) is 3. The zero-order chi connectivity index (χ0) is 19.8. The molecule has 2 aromatic rings. The molecule has 28 heavy (non-hydrogen) atoms. The molecule has 9 heteroatoms. The topological polar surface area (TPSA) is 122 Å². The highest BCUT2D eigenvalue weighted by molar-refractivity contribution is 5.83. The molecule has 4 atom stereocenters. The highest BCUT2D eigenvalue weighted by atomic mass is 16.6. The van der Waals surface area contributed by atoms with Crippen molar-refractivity contribution < 1.29 is 24.1 Å². The van der Waals surface area contributed by atoms with Crippen LogP contribution in [0.5, 0.6) is 11.5 Å². The number of pyridine rings is 1. The fourth-order valence-corrected chi connectivity index (χ4v) is 4.00. The van der Waals surface area contributed by atoms with Gasteiger partial charge in [0.05, 0.1) is 19.0 Å². The number of aromatic amines is 1. The second-order valence-corrected chi connectivity index (χ2v) is 7.12. The van der Waals surface area contributed by atoms with Crippen LogP contribution < -0.4 is 25.9 Å². The van der Waals surface area contributed by atoms with Crippen LogP contribution in [0.3, 0.4) is 0 Å². The van der Waals surface area contributed by atoms with Gasteiger partial charge in [-0.25, -0.2) is 5.43 Å². The number of aliphatic hydroxyl groups excluding tert-OH is 1. The molecular weight excluding hydrogens is 366 g/mol. The van der Waals surface area contributed by atoms with Gasteiger partial charge in [-0.05, 0) is 19.1 Å². The van der Waals surface area contributed by atoms with Crippen molar-refractivity contribution in [3.05, 3.63) is 34.1 Å². The Kier molecular flexibility index (Phi) is 4.96. The van der Waals surface area contributed by atoms with Crippen LogP contribution in [0.1, 0.15) is 24.8 Å². The maximum atomic E-state index is 12.9. The molecule has 1 aromatic heterocycles. The fraction of sp³-hybridized carbons (Fsp3) is 0.474. The number of rotatable bonds is 4. The Bertz CT molecular complexity index is 949. The quantitative estimate of drug-likeness (QED) is 0.554. The highest BCUT2D eigenvalue weighted by Crippen LogP contribution is 2.37. The monoisotopic (exact) mass is 389 g/mol. The third kappa shape index (κ3) is 3.32. The molecule has 4 N–H and O–H groups in total. The van der Waals surface area contributed by atoms with Crippen molar-refractivity contribution in [3.8, 4) is 11.5 Å². The second kappa shape index (κ2) is 7.42. The Morgan fingerprint density at radius 1 is 1.25 bits per heavy atom. The van der Waals surface area contributed by atoms with Gasteiger partial charge in [-0.1, -0.05) is 0 Å². The summed E-state index contributed by atoms with van der Waals surface area (Å²) in [5.41, 5.74) is 6.43. The van der Waals surface area contributed by atoms with E-state index in [1.165, 1.54) is 7.11 Å². The number of H-pyrrole nitrogens is 1. The molecule has 4 rings (SSSR count). The minimum Gasteiger partial charge on any atom is -0.486 e. The van der Waals surface area contributed by atoms with E-state index in [-0.39, 0.29) is 18.0 Å². The summed E-state index contributed by atoms with van der Waals surface area (Å²) >= 11 is 0. The molecule has 2 aliphatic heterocycles. The van der Waals surface area contributed by atoms with Crippen LogP contribution >= 0.6 is 0 Å². The van der Waals surface area contributed by atoms with Crippen LogP contribution in [0.15, 0.2) is 23.0 Å². The summed E-state index contributed by atoms with van der Waals surface area (Å²) in [7, 11) is 1.30. The summed E-state index contributed by atoms with van der Waals surface area (Å²) in [4.78, 5) is 27.8. The SMILES string of the molecule is COC(=O)CC(c1cc2cc3c(cc2[nH]c1=O)OCCO3)C1C(C)NNC1O. The molecule has 0 radical (unpaired) electrons. The number of hydrazine groups is 1. The van der Waals surface area contributed by atoms with E-state index in [1.807, 2.05) is 13.0 Å². The molecule has 2 aliphatic rings. The lowest BCUT2D eigenvalue weighted by molar-refractivity contribution is -0.141. The predicted molar refractivity (Wildman–Crippen MR) is 100 cm³/mol. The normalized spacial score (nSPS) is 24.9. The first-order valence-electron chi connectivity index (χ1n) is 9.20. The van der Waals surface area contributed by atoms with Crippen molar-refractivity contribution in [3.63, 3.8) is 0 Å². The van der Waals surface area contributed by atoms with E-state index in [1.54, 1.807) is 12.1 Å². The number of esters is 1. The Morgan fingerprint density at radius 2 is 1.96 bits per heavy atom. The number of fused-ring (bicyclic) bond motifs is 2. The molecule has 9 nitrogen and oxygen atoms in total. The summed E-state index contributed by atoms with van der Waals surface area (Å²) in [5.74, 6) is -0.186. The van der Waals surface area contributed by atoms with E-state index in [9.17, 15) is 14.7 Å². The fourth-order valence-electron chi connectivity index (χ4n) is 4.00. The van der Waals surface area contributed by atoms with E-state index >= 15 is 0 Å². The lowest BCUT2D eigenvalue weighted by Crippen LogP contribution is -2.35. The lowest BCUT2D eigenvalue weighted by Gasteiger charge is -2.27. The molecule has 0 saturated carbocycles. The van der Waals surface area contributed by atoms with Crippen molar-refractivity contribution >= 4 is 16.9 Å². The number of aromatic nitrogens is 1. The van der Waals surface area contributed by atoms with Gasteiger partial charge in [0.25, 0.3) is 5.56 Å². The van der Waals surface area contributed by atoms with Gasteiger partial charge in [0.1, 0.15) is 19.4 Å². The number of carbonyl (C=O) groups is 1. The van der Waals surface area contributed by atoms with Crippen molar-refractivity contribution in [1.29, 1.82) is 0 Å². The van der Waals surface area contributed by atoms with E-state index in [4.69, 9.17) is 14.2 Å². The van der Waals surface area contributed by atoms with E-state index in [2.05, 4.69) is 15.8 Å². The number of benzene rings is 1. The molecule has 4 unspecified atom stereocenters. The summed E-state index contributed by atoms with van der Waals surface area (Å²) in [6, 6.07) is 5.14. The van der Waals surface area contributed by atoms with Crippen LogP contribution in [-0.4, -0.2) is 48.7 Å². The van der Waals surface area contributed by atoms with Crippen LogP contribution in [0.25, 0.3) is 10.9 Å². The summed E-state index contributed by atoms with van der Waals surface area (Å²) in [6.45, 7) is 2.80. The van der Waals surface area contributed by atoms with Crippen LogP contribution in [0.2, 0.25) is 0 Å². The molecule has 0 amide bonds. The minimum atomic E-state index is -0.903. The molecule has 1 saturated heterocycles. The van der Waals surface area contributed by atoms with Gasteiger partial charge < -0.3 is 24.3 Å². The molecule has 150 valence electrons. The smallest absolute Gasteiger partial charge is 0.306 e. The third-order valence-corrected chi connectivity index (χ3v) is 5.41. The Morgan fingerprint density at radius 3 is 2.61 bits per heavy atom. The number of hydrogen-bond acceptors (Lipinski definition) is 8. The minimum absolute atomic E-state index is 0.0228. The van der Waals surface area contributed by atoms with E-state index < -0.39 is 24.0 Å². The number of carbonyl (C=O) groups excluding carboxylic acids is 1. The summed E-state index contributed by atoms with van der Waals surface area (Å²) in [6.07, 6.45) is -0.926. The van der Waals surface area contributed by atoms with Gasteiger partial charge >= 0.3 is 5.97 Å². The molecule has 3 heterocycles. The molecule has 0 aliphatic carbocycles. The summed E-state index contributed by atoms with van der Waals surface area (Å²) < 4.78 is 16.0. The first-order chi connectivity index (χ1) is 13.5. The van der Waals surface area contributed by atoms with Gasteiger partial charge in [-0.3, -0.25) is 15.0 Å². The maximum absolute atomic E-state index is 12.9. The van der Waals surface area contributed by atoms with E-state index in [0.717, 1.165) is 5.39 Å². The first-order valence-corrected chi connectivity index (χ1v) is 9.20. The molecule has 0 bridgehead atoms. The van der Waals surface area contributed by atoms with Crippen LogP contribution in [-0.2, 0) is 9.53 Å². The highest BCUT2D eigenvalue weighted by Gasteiger charge is 2.40. The average molecular weight is 389 g/mol. The van der Waals surface area contributed by atoms with Crippen molar-refractivity contribution in [1.82, 2.24) is 15.8 Å². The van der Waals surface area contributed by atoms with Gasteiger partial charge in [0.15, 0.2) is 11.5 Å². The number of aliphatic hydroxyl groups is 1. The number of methoxy groups -OCH3 is 1. The largest absolute Gasteiger partial charge is 0.486 e. The molecule has 1 aromatic carbocycles. The van der Waals surface area contributed by atoms with E-state index in [0.29, 0.717) is 35.8 Å². The molecule has 1 fully saturated rings. The Balaban J connectivity index is 1.81. The first kappa shape index (κ1) is 18.7. The molecular formula is C19H23N3O6. The Labute approximate surface area is 160 Å². The lowest BCUT2D eigenvalue weighted by atomic mass is 9.79. The zero-order valence-electron chi connectivity index (χ0n) is 15.7. The van der Waals surface area contributed by atoms with Crippen molar-refractivity contribution in [2.24, 2.45) is 5.92 Å². The van der Waals surface area contributed by atoms with Gasteiger partial charge in [-0.2, -0.15) is 0 Å². The second-order valence-electron chi connectivity index (χ2n) is 7.12. The van der Waals surface area contributed by atoms with Crippen molar-refractivity contribution in [2.75, 3.05) is 20.3 Å². The molecule has 0 spiro atoms. The third-order valence-electron chi connectivity index (χ3n) is 5.41. The van der Waals surface area contributed by atoms with Gasteiger partial charge in [0.2, 0.25) is 0 Å². The summed E-state index contributed by atoms with van der Waals surface area (Å²) in [5, 5.41) is 11.1. The maximum Gasteiger partial charge on any atom is 0.306 e. The number of ether oxygens (including phenoxy) is 3. The van der Waals surface area contributed by atoms with Gasteiger partial charge in [0, 0.05) is 34.9 Å². The van der Waals surface area contributed by atoms with Crippen molar-refractivity contribution in [2.45, 2.75) is 31.5 Å². The predicted octanol–water partition coefficient (Wildman–Crippen LogP) is 0.377. The standard InChI is InChI=1S/C19H23N3O6/c1-9-17(19(25)22-21-9)11(7-16(23)26-2)12-5-10-6-14-15(28-4-3-27-14)8-13(10)20-18(12)24/h5-6,8-9,11,17,19,21-22,25H,3-4,7H2,1-2H3,(H,20,24). The number of hydrogen-bond donors (Lipinski definition) is 4. The van der Waals surface area contributed by atoms with Gasteiger partial charge in [-0.15, -0.1) is 0 Å².